The van der Waals surface area contributed by atoms with Crippen LogP contribution in [0, 0.1) is 19.8 Å². The van der Waals surface area contributed by atoms with Gasteiger partial charge in [0.1, 0.15) is 4.90 Å². The molecule has 21 heavy (non-hydrogen) atoms. The Kier molecular flexibility index (Phi) is 5.66. The van der Waals surface area contributed by atoms with Crippen molar-refractivity contribution < 1.29 is 18.3 Å². The van der Waals surface area contributed by atoms with Gasteiger partial charge in [0.25, 0.3) is 0 Å². The number of aryl methyl sites for hydroxylation is 1. The maximum atomic E-state index is 12.6. The number of hydrogen-bond acceptors (Lipinski definition) is 3. The van der Waals surface area contributed by atoms with Crippen LogP contribution in [0.1, 0.15) is 18.1 Å². The monoisotopic (exact) mass is 353 g/mol. The average molecular weight is 354 g/mol. The smallest absolute Gasteiger partial charge is 0.307 e. The molecule has 0 aliphatic carbocycles. The quantitative estimate of drug-likeness (QED) is 0.882. The number of benzene rings is 1. The first-order chi connectivity index (χ1) is 9.50. The Bertz CT molecular complexity index is 647. The average Bonchev–Trinajstić information content (AvgIpc) is 2.36. The fourth-order valence-corrected chi connectivity index (χ4v) is 4.26. The summed E-state index contributed by atoms with van der Waals surface area (Å²) in [6.07, 6.45) is 0. The summed E-state index contributed by atoms with van der Waals surface area (Å²) >= 11 is 12.1. The van der Waals surface area contributed by atoms with Crippen molar-refractivity contribution in [2.45, 2.75) is 25.7 Å². The molecule has 0 spiro atoms. The molecule has 0 fully saturated rings. The Morgan fingerprint density at radius 2 is 1.90 bits per heavy atom. The number of nitrogens with zero attached hydrogens (tertiary/aromatic N) is 1. The molecule has 1 aromatic rings. The van der Waals surface area contributed by atoms with Crippen molar-refractivity contribution in [3.8, 4) is 0 Å². The van der Waals surface area contributed by atoms with Crippen LogP contribution in [-0.2, 0) is 14.8 Å². The van der Waals surface area contributed by atoms with Crippen molar-refractivity contribution in [1.82, 2.24) is 4.31 Å². The second-order valence-corrected chi connectivity index (χ2v) is 7.74. The van der Waals surface area contributed by atoms with Crippen LogP contribution >= 0.6 is 23.2 Å². The van der Waals surface area contributed by atoms with Crippen molar-refractivity contribution in [1.29, 1.82) is 0 Å². The summed E-state index contributed by atoms with van der Waals surface area (Å²) in [6, 6.07) is 1.60. The predicted molar refractivity (Wildman–Crippen MR) is 82.6 cm³/mol. The summed E-state index contributed by atoms with van der Waals surface area (Å²) in [5.74, 6) is -1.90. The molecular formula is C13H17Cl2NO4S. The lowest BCUT2D eigenvalue weighted by Crippen LogP contribution is -2.34. The Morgan fingerprint density at radius 1 is 1.38 bits per heavy atom. The lowest BCUT2D eigenvalue weighted by Gasteiger charge is -2.22. The highest BCUT2D eigenvalue weighted by Gasteiger charge is 2.30. The maximum absolute atomic E-state index is 12.6. The molecule has 0 aromatic heterocycles. The minimum absolute atomic E-state index is 0.0748. The molecule has 0 bridgehead atoms. The minimum Gasteiger partial charge on any atom is -0.481 e. The number of carbonyl (C=O) groups is 1. The van der Waals surface area contributed by atoms with Crippen LogP contribution < -0.4 is 0 Å². The largest absolute Gasteiger partial charge is 0.481 e. The Hall–Kier alpha value is -0.820. The Labute approximate surface area is 134 Å². The molecule has 1 N–H and O–H groups in total. The topological polar surface area (TPSA) is 74.7 Å². The van der Waals surface area contributed by atoms with Gasteiger partial charge in [-0.2, -0.15) is 0 Å². The van der Waals surface area contributed by atoms with Gasteiger partial charge in [-0.15, -0.1) is 0 Å². The molecule has 1 unspecified atom stereocenters. The maximum Gasteiger partial charge on any atom is 0.307 e. The third-order valence-electron chi connectivity index (χ3n) is 3.21. The normalized spacial score (nSPS) is 13.5. The third-order valence-corrected chi connectivity index (χ3v) is 6.20. The van der Waals surface area contributed by atoms with E-state index in [1.165, 1.54) is 14.0 Å². The van der Waals surface area contributed by atoms with Crippen LogP contribution in [-0.4, -0.2) is 37.4 Å². The fourth-order valence-electron chi connectivity index (χ4n) is 1.84. The summed E-state index contributed by atoms with van der Waals surface area (Å²) in [7, 11) is -2.60. The molecule has 5 nitrogen and oxygen atoms in total. The summed E-state index contributed by atoms with van der Waals surface area (Å²) in [4.78, 5) is 10.8. The second-order valence-electron chi connectivity index (χ2n) is 4.97. The van der Waals surface area contributed by atoms with Gasteiger partial charge in [-0.05, 0) is 31.0 Å². The molecule has 0 aliphatic heterocycles. The van der Waals surface area contributed by atoms with Gasteiger partial charge >= 0.3 is 5.97 Å². The molecule has 0 aliphatic rings. The van der Waals surface area contributed by atoms with E-state index in [9.17, 15) is 13.2 Å². The van der Waals surface area contributed by atoms with Crippen LogP contribution in [0.5, 0.6) is 0 Å². The van der Waals surface area contributed by atoms with Crippen LogP contribution in [0.2, 0.25) is 10.0 Å². The number of sulfonamides is 1. The SMILES string of the molecule is Cc1cc(Cl)c(C)c(S(=O)(=O)N(C)CC(C)C(=O)O)c1Cl. The van der Waals surface area contributed by atoms with Crippen LogP contribution in [0.15, 0.2) is 11.0 Å². The van der Waals surface area contributed by atoms with Gasteiger partial charge in [-0.3, -0.25) is 4.79 Å². The third kappa shape index (κ3) is 3.69. The van der Waals surface area contributed by atoms with Crippen LogP contribution in [0.25, 0.3) is 0 Å². The van der Waals surface area contributed by atoms with E-state index in [4.69, 9.17) is 28.3 Å². The van der Waals surface area contributed by atoms with Gasteiger partial charge in [0.05, 0.1) is 10.9 Å². The lowest BCUT2D eigenvalue weighted by molar-refractivity contribution is -0.141. The van der Waals surface area contributed by atoms with Crippen LogP contribution in [0.4, 0.5) is 0 Å². The van der Waals surface area contributed by atoms with Crippen molar-refractivity contribution >= 4 is 39.2 Å². The summed E-state index contributed by atoms with van der Waals surface area (Å²) in [5.41, 5.74) is 0.896. The number of carboxylic acids is 1. The van der Waals surface area contributed by atoms with E-state index < -0.39 is 21.9 Å². The zero-order valence-corrected chi connectivity index (χ0v) is 14.5. The van der Waals surface area contributed by atoms with Gasteiger partial charge in [0.2, 0.25) is 10.0 Å². The second kappa shape index (κ2) is 6.52. The van der Waals surface area contributed by atoms with E-state index in [1.54, 1.807) is 19.9 Å². The first-order valence-electron chi connectivity index (χ1n) is 6.14. The van der Waals surface area contributed by atoms with Crippen molar-refractivity contribution in [2.75, 3.05) is 13.6 Å². The number of rotatable bonds is 5. The molecule has 0 heterocycles. The molecule has 1 aromatic carbocycles. The summed E-state index contributed by atoms with van der Waals surface area (Å²) < 4.78 is 26.2. The van der Waals surface area contributed by atoms with Crippen molar-refractivity contribution in [3.05, 3.63) is 27.2 Å². The zero-order valence-electron chi connectivity index (χ0n) is 12.1. The highest BCUT2D eigenvalue weighted by molar-refractivity contribution is 7.89. The summed E-state index contributed by atoms with van der Waals surface area (Å²) in [6.45, 7) is 4.51. The molecule has 0 amide bonds. The first kappa shape index (κ1) is 18.2. The van der Waals surface area contributed by atoms with Gasteiger partial charge < -0.3 is 5.11 Å². The molecule has 0 saturated heterocycles. The molecule has 1 rings (SSSR count). The molecule has 118 valence electrons. The van der Waals surface area contributed by atoms with E-state index >= 15 is 0 Å². The van der Waals surface area contributed by atoms with E-state index in [2.05, 4.69) is 0 Å². The first-order valence-corrected chi connectivity index (χ1v) is 8.34. The van der Waals surface area contributed by atoms with Crippen LogP contribution in [0.3, 0.4) is 0 Å². The molecule has 8 heteroatoms. The highest BCUT2D eigenvalue weighted by Crippen LogP contribution is 2.34. The number of hydrogen-bond donors (Lipinski definition) is 1. The number of aliphatic carboxylic acids is 1. The Morgan fingerprint density at radius 3 is 2.38 bits per heavy atom. The van der Waals surface area contributed by atoms with Gasteiger partial charge in [0, 0.05) is 18.6 Å². The lowest BCUT2D eigenvalue weighted by atomic mass is 10.2. The van der Waals surface area contributed by atoms with E-state index in [0.717, 1.165) is 4.31 Å². The summed E-state index contributed by atoms with van der Waals surface area (Å²) in [5, 5.41) is 9.30. The number of halogens is 2. The molecule has 0 saturated carbocycles. The van der Waals surface area contributed by atoms with Crippen molar-refractivity contribution in [3.63, 3.8) is 0 Å². The van der Waals surface area contributed by atoms with Crippen molar-refractivity contribution in [2.24, 2.45) is 5.92 Å². The fraction of sp³-hybridized carbons (Fsp3) is 0.462. The predicted octanol–water partition coefficient (Wildman–Crippen LogP) is 2.95. The molecule has 1 atom stereocenters. The highest BCUT2D eigenvalue weighted by atomic mass is 35.5. The molecule has 0 radical (unpaired) electrons. The minimum atomic E-state index is -3.92. The Balaban J connectivity index is 3.35. The van der Waals surface area contributed by atoms with E-state index in [1.807, 2.05) is 0 Å². The number of carboxylic acid groups (broad SMARTS) is 1. The zero-order chi connectivity index (χ0) is 16.5. The van der Waals surface area contributed by atoms with Gasteiger partial charge in [-0.25, -0.2) is 12.7 Å². The van der Waals surface area contributed by atoms with Gasteiger partial charge in [0.15, 0.2) is 0 Å². The standard InChI is InChI=1S/C13H17Cl2NO4S/c1-7-5-10(14)9(3)12(11(7)15)21(19,20)16(4)6-8(2)13(17)18/h5,8H,6H2,1-4H3,(H,17,18). The molecular weight excluding hydrogens is 337 g/mol. The van der Waals surface area contributed by atoms with Gasteiger partial charge in [-0.1, -0.05) is 30.1 Å². The van der Waals surface area contributed by atoms with E-state index in [0.29, 0.717) is 16.1 Å². The van der Waals surface area contributed by atoms with E-state index in [-0.39, 0.29) is 16.5 Å².